The van der Waals surface area contributed by atoms with Gasteiger partial charge in [0, 0.05) is 5.56 Å². The fourth-order valence-corrected chi connectivity index (χ4v) is 4.28. The second-order valence-electron chi connectivity index (χ2n) is 7.87. The third-order valence-corrected chi connectivity index (χ3v) is 6.18. The van der Waals surface area contributed by atoms with Crippen LogP contribution in [0.2, 0.25) is 0 Å². The summed E-state index contributed by atoms with van der Waals surface area (Å²) in [6.07, 6.45) is 1.53. The molecule has 0 heterocycles. The molecule has 1 N–H and O–H groups in total. The van der Waals surface area contributed by atoms with Crippen LogP contribution in [0.15, 0.2) is 113 Å². The highest BCUT2D eigenvalue weighted by molar-refractivity contribution is 9.10. The highest BCUT2D eigenvalue weighted by atomic mass is 79.9. The Labute approximate surface area is 210 Å². The van der Waals surface area contributed by atoms with E-state index < -0.39 is 5.97 Å². The van der Waals surface area contributed by atoms with Crippen molar-refractivity contribution in [1.82, 2.24) is 5.43 Å². The third kappa shape index (κ3) is 4.98. The molecule has 1 amide bonds. The van der Waals surface area contributed by atoms with Gasteiger partial charge in [0.2, 0.25) is 0 Å². The number of nitrogens with one attached hydrogen (secondary N) is 1. The largest absolute Gasteiger partial charge is 0.422 e. The molecule has 0 aromatic heterocycles. The molecule has 0 atom stereocenters. The normalized spacial score (nSPS) is 11.1. The van der Waals surface area contributed by atoms with E-state index in [1.165, 1.54) is 6.21 Å². The Kier molecular flexibility index (Phi) is 6.37. The van der Waals surface area contributed by atoms with Crippen LogP contribution in [0.1, 0.15) is 26.3 Å². The van der Waals surface area contributed by atoms with Crippen LogP contribution >= 0.6 is 15.9 Å². The molecule has 0 saturated carbocycles. The fourth-order valence-electron chi connectivity index (χ4n) is 3.80. The summed E-state index contributed by atoms with van der Waals surface area (Å²) in [6.45, 7) is 0. The minimum atomic E-state index is -0.438. The van der Waals surface area contributed by atoms with Crippen LogP contribution in [-0.4, -0.2) is 18.1 Å². The minimum absolute atomic E-state index is 0.299. The zero-order valence-corrected chi connectivity index (χ0v) is 20.0. The van der Waals surface area contributed by atoms with Gasteiger partial charge in [-0.3, -0.25) is 4.79 Å². The predicted molar refractivity (Wildman–Crippen MR) is 142 cm³/mol. The number of carbonyl (C=O) groups excluding carboxylic acids is 2. The molecular weight excluding hydrogens is 504 g/mol. The van der Waals surface area contributed by atoms with Crippen LogP contribution < -0.4 is 10.2 Å². The first-order valence-electron chi connectivity index (χ1n) is 10.9. The Morgan fingerprint density at radius 3 is 2.34 bits per heavy atom. The van der Waals surface area contributed by atoms with Crippen molar-refractivity contribution >= 4 is 55.6 Å². The molecule has 5 aromatic rings. The Hall–Kier alpha value is -4.29. The monoisotopic (exact) mass is 522 g/mol. The molecule has 35 heavy (non-hydrogen) atoms. The molecule has 0 saturated heterocycles. The number of amides is 1. The van der Waals surface area contributed by atoms with Gasteiger partial charge in [-0.05, 0) is 79.4 Å². The van der Waals surface area contributed by atoms with Gasteiger partial charge in [-0.2, -0.15) is 5.10 Å². The number of hydrazone groups is 1. The number of hydrogen-bond acceptors (Lipinski definition) is 4. The van der Waals surface area contributed by atoms with Crippen molar-refractivity contribution in [3.8, 4) is 5.75 Å². The van der Waals surface area contributed by atoms with Crippen molar-refractivity contribution in [3.63, 3.8) is 0 Å². The number of nitrogens with zero attached hydrogens (tertiary/aromatic N) is 1. The van der Waals surface area contributed by atoms with E-state index in [2.05, 4.69) is 26.5 Å². The first-order valence-corrected chi connectivity index (χ1v) is 11.7. The van der Waals surface area contributed by atoms with Crippen molar-refractivity contribution in [3.05, 3.63) is 124 Å². The van der Waals surface area contributed by atoms with E-state index >= 15 is 0 Å². The molecule has 0 bridgehead atoms. The van der Waals surface area contributed by atoms with Gasteiger partial charge in [-0.15, -0.1) is 0 Å². The lowest BCUT2D eigenvalue weighted by molar-refractivity contribution is 0.0735. The van der Waals surface area contributed by atoms with Gasteiger partial charge in [-0.1, -0.05) is 66.7 Å². The molecular formula is C29H19BrN2O3. The average molecular weight is 523 g/mol. The zero-order valence-electron chi connectivity index (χ0n) is 18.4. The van der Waals surface area contributed by atoms with Crippen molar-refractivity contribution < 1.29 is 14.3 Å². The quantitative estimate of drug-likeness (QED) is 0.120. The molecule has 5 nitrogen and oxygen atoms in total. The first kappa shape index (κ1) is 22.5. The summed E-state index contributed by atoms with van der Waals surface area (Å²) in [4.78, 5) is 25.3. The number of esters is 1. The van der Waals surface area contributed by atoms with E-state index in [1.54, 1.807) is 30.3 Å². The van der Waals surface area contributed by atoms with E-state index in [1.807, 2.05) is 72.8 Å². The lowest BCUT2D eigenvalue weighted by Crippen LogP contribution is -2.17. The molecule has 6 heteroatoms. The summed E-state index contributed by atoms with van der Waals surface area (Å²) in [5.74, 6) is -0.349. The topological polar surface area (TPSA) is 67.8 Å². The second-order valence-corrected chi connectivity index (χ2v) is 8.72. The van der Waals surface area contributed by atoms with Gasteiger partial charge in [0.1, 0.15) is 5.75 Å². The fraction of sp³-hybridized carbons (Fsp3) is 0. The Balaban J connectivity index is 1.26. The minimum Gasteiger partial charge on any atom is -0.422 e. The molecule has 0 aliphatic rings. The van der Waals surface area contributed by atoms with E-state index in [0.29, 0.717) is 21.3 Å². The predicted octanol–water partition coefficient (Wildman–Crippen LogP) is 6.74. The molecule has 0 radical (unpaired) electrons. The van der Waals surface area contributed by atoms with Gasteiger partial charge in [0.15, 0.2) is 0 Å². The van der Waals surface area contributed by atoms with Crippen molar-refractivity contribution in [2.75, 3.05) is 0 Å². The summed E-state index contributed by atoms with van der Waals surface area (Å²) >= 11 is 3.45. The summed E-state index contributed by atoms with van der Waals surface area (Å²) in [5, 5.41) is 7.92. The molecule has 0 unspecified atom stereocenters. The lowest BCUT2D eigenvalue weighted by Gasteiger charge is -2.09. The van der Waals surface area contributed by atoms with Crippen LogP contribution in [0.25, 0.3) is 21.5 Å². The smallest absolute Gasteiger partial charge is 0.344 e. The Morgan fingerprint density at radius 2 is 1.51 bits per heavy atom. The molecule has 5 rings (SSSR count). The number of hydrogen-bond donors (Lipinski definition) is 1. The van der Waals surface area contributed by atoms with Gasteiger partial charge in [0.25, 0.3) is 5.91 Å². The first-order chi connectivity index (χ1) is 17.1. The van der Waals surface area contributed by atoms with Crippen LogP contribution in [0.3, 0.4) is 0 Å². The Bertz CT molecular complexity index is 1610. The lowest BCUT2D eigenvalue weighted by atomic mass is 10.0. The third-order valence-electron chi connectivity index (χ3n) is 5.56. The second kappa shape index (κ2) is 9.91. The number of ether oxygens (including phenoxy) is 1. The molecule has 0 fully saturated rings. The van der Waals surface area contributed by atoms with E-state index in [9.17, 15) is 9.59 Å². The van der Waals surface area contributed by atoms with E-state index in [0.717, 1.165) is 27.1 Å². The summed E-state index contributed by atoms with van der Waals surface area (Å²) in [7, 11) is 0. The highest BCUT2D eigenvalue weighted by Crippen LogP contribution is 2.28. The summed E-state index contributed by atoms with van der Waals surface area (Å²) in [5.41, 5.74) is 4.29. The van der Waals surface area contributed by atoms with Crippen LogP contribution in [0.4, 0.5) is 0 Å². The van der Waals surface area contributed by atoms with Crippen molar-refractivity contribution in [2.24, 2.45) is 5.10 Å². The van der Waals surface area contributed by atoms with E-state index in [-0.39, 0.29) is 5.91 Å². The van der Waals surface area contributed by atoms with Crippen molar-refractivity contribution in [2.45, 2.75) is 0 Å². The number of halogens is 1. The highest BCUT2D eigenvalue weighted by Gasteiger charge is 2.14. The standard InChI is InChI=1S/C29H19BrN2O3/c30-26-16-19(18-31-32-28(33)23-14-13-20-6-1-2-8-22(20)17-23)12-15-27(26)35-29(34)25-11-5-9-21-7-3-4-10-24(21)25/h1-18H,(H,32,33)/b31-18-. The van der Waals surface area contributed by atoms with Crippen LogP contribution in [0.5, 0.6) is 5.75 Å². The van der Waals surface area contributed by atoms with Gasteiger partial charge < -0.3 is 4.74 Å². The maximum atomic E-state index is 12.8. The number of carbonyl (C=O) groups is 2. The molecule has 5 aromatic carbocycles. The number of fused-ring (bicyclic) bond motifs is 2. The van der Waals surface area contributed by atoms with E-state index in [4.69, 9.17) is 4.74 Å². The van der Waals surface area contributed by atoms with Crippen LogP contribution in [0, 0.1) is 0 Å². The number of rotatable bonds is 5. The maximum Gasteiger partial charge on any atom is 0.344 e. The molecule has 0 spiro atoms. The molecule has 0 aliphatic carbocycles. The Morgan fingerprint density at radius 1 is 0.771 bits per heavy atom. The molecule has 170 valence electrons. The summed E-state index contributed by atoms with van der Waals surface area (Å²) < 4.78 is 6.22. The SMILES string of the molecule is O=C(N/N=C\c1ccc(OC(=O)c2cccc3ccccc23)c(Br)c1)c1ccc2ccccc2c1. The maximum absolute atomic E-state index is 12.8. The van der Waals surface area contributed by atoms with Gasteiger partial charge >= 0.3 is 5.97 Å². The zero-order chi connectivity index (χ0) is 24.2. The summed E-state index contributed by atoms with van der Waals surface area (Å²) in [6, 6.07) is 31.7. The van der Waals surface area contributed by atoms with Gasteiger partial charge in [0.05, 0.1) is 16.3 Å². The van der Waals surface area contributed by atoms with Crippen molar-refractivity contribution in [1.29, 1.82) is 0 Å². The average Bonchev–Trinajstić information content (AvgIpc) is 2.89. The van der Waals surface area contributed by atoms with Gasteiger partial charge in [-0.25, -0.2) is 10.2 Å². The van der Waals surface area contributed by atoms with Crippen LogP contribution in [-0.2, 0) is 0 Å². The molecule has 0 aliphatic heterocycles. The number of benzene rings is 5.